The quantitative estimate of drug-likeness (QED) is 0.840. The van der Waals surface area contributed by atoms with Gasteiger partial charge in [-0.3, -0.25) is 4.79 Å². The van der Waals surface area contributed by atoms with Gasteiger partial charge in [0.25, 0.3) is 0 Å². The van der Waals surface area contributed by atoms with Gasteiger partial charge in [-0.2, -0.15) is 0 Å². The number of ether oxygens (including phenoxy) is 1. The van der Waals surface area contributed by atoms with E-state index in [1.807, 2.05) is 12.1 Å². The zero-order valence-electron chi connectivity index (χ0n) is 12.6. The van der Waals surface area contributed by atoms with E-state index in [0.717, 1.165) is 31.7 Å². The molecule has 20 heavy (non-hydrogen) atoms. The molecular weight excluding hydrogens is 250 g/mol. The minimum Gasteiger partial charge on any atom is -0.497 e. The van der Waals surface area contributed by atoms with E-state index in [0.29, 0.717) is 18.2 Å². The Morgan fingerprint density at radius 3 is 2.70 bits per heavy atom. The average molecular weight is 275 g/mol. The minimum absolute atomic E-state index is 0.313. The van der Waals surface area contributed by atoms with Crippen molar-refractivity contribution in [1.29, 1.82) is 0 Å². The van der Waals surface area contributed by atoms with Crippen LogP contribution >= 0.6 is 0 Å². The number of hydrogen-bond acceptors (Lipinski definition) is 2. The number of carbonyl (C=O) groups is 1. The molecule has 1 heterocycles. The van der Waals surface area contributed by atoms with Crippen LogP contribution in [0.15, 0.2) is 24.3 Å². The lowest BCUT2D eigenvalue weighted by Gasteiger charge is -2.25. The molecule has 1 aromatic rings. The second kappa shape index (κ2) is 7.32. The SMILES string of the molecule is CCCC(=O)N1CCCCC(c2ccc(OC)cc2)C1. The van der Waals surface area contributed by atoms with E-state index >= 15 is 0 Å². The molecule has 0 N–H and O–H groups in total. The molecule has 1 atom stereocenters. The van der Waals surface area contributed by atoms with Crippen molar-refractivity contribution in [3.05, 3.63) is 29.8 Å². The Hall–Kier alpha value is -1.51. The lowest BCUT2D eigenvalue weighted by molar-refractivity contribution is -0.131. The second-order valence-corrected chi connectivity index (χ2v) is 5.56. The standard InChI is InChI=1S/C17H25NO2/c1-3-6-17(19)18-12-5-4-7-15(13-18)14-8-10-16(20-2)11-9-14/h8-11,15H,3-7,12-13H2,1-2H3. The van der Waals surface area contributed by atoms with Gasteiger partial charge in [-0.05, 0) is 37.0 Å². The van der Waals surface area contributed by atoms with Crippen LogP contribution in [0.3, 0.4) is 0 Å². The van der Waals surface area contributed by atoms with Gasteiger partial charge in [0.05, 0.1) is 7.11 Å². The molecule has 1 unspecified atom stereocenters. The van der Waals surface area contributed by atoms with Crippen LogP contribution in [0.5, 0.6) is 5.75 Å². The van der Waals surface area contributed by atoms with Crippen LogP contribution < -0.4 is 4.74 Å². The van der Waals surface area contributed by atoms with Crippen LogP contribution in [-0.4, -0.2) is 31.0 Å². The lowest BCUT2D eigenvalue weighted by Crippen LogP contribution is -2.33. The summed E-state index contributed by atoms with van der Waals surface area (Å²) in [6, 6.07) is 8.30. The zero-order valence-corrected chi connectivity index (χ0v) is 12.6. The molecule has 3 nitrogen and oxygen atoms in total. The summed E-state index contributed by atoms with van der Waals surface area (Å²) >= 11 is 0. The number of nitrogens with zero attached hydrogens (tertiary/aromatic N) is 1. The van der Waals surface area contributed by atoms with E-state index in [1.165, 1.54) is 18.4 Å². The molecule has 1 fully saturated rings. The summed E-state index contributed by atoms with van der Waals surface area (Å²) in [6.07, 6.45) is 5.11. The molecule has 0 spiro atoms. The third kappa shape index (κ3) is 3.75. The number of rotatable bonds is 4. The lowest BCUT2D eigenvalue weighted by atomic mass is 9.94. The first kappa shape index (κ1) is 14.9. The highest BCUT2D eigenvalue weighted by molar-refractivity contribution is 5.76. The van der Waals surface area contributed by atoms with Crippen molar-refractivity contribution >= 4 is 5.91 Å². The fraction of sp³-hybridized carbons (Fsp3) is 0.588. The van der Waals surface area contributed by atoms with Crippen molar-refractivity contribution in [2.75, 3.05) is 20.2 Å². The highest BCUT2D eigenvalue weighted by Gasteiger charge is 2.22. The molecule has 1 aliphatic rings. The van der Waals surface area contributed by atoms with Crippen molar-refractivity contribution < 1.29 is 9.53 Å². The molecule has 0 bridgehead atoms. The summed E-state index contributed by atoms with van der Waals surface area (Å²) in [5.41, 5.74) is 1.32. The molecule has 1 amide bonds. The second-order valence-electron chi connectivity index (χ2n) is 5.56. The highest BCUT2D eigenvalue weighted by atomic mass is 16.5. The van der Waals surface area contributed by atoms with Gasteiger partial charge in [-0.15, -0.1) is 0 Å². The normalized spacial score (nSPS) is 19.5. The topological polar surface area (TPSA) is 29.5 Å². The van der Waals surface area contributed by atoms with Crippen molar-refractivity contribution in [2.24, 2.45) is 0 Å². The van der Waals surface area contributed by atoms with Gasteiger partial charge in [0.15, 0.2) is 0 Å². The summed E-state index contributed by atoms with van der Waals surface area (Å²) in [5, 5.41) is 0. The molecule has 0 radical (unpaired) electrons. The fourth-order valence-corrected chi connectivity index (χ4v) is 2.89. The third-order valence-electron chi connectivity index (χ3n) is 4.08. The van der Waals surface area contributed by atoms with Crippen LogP contribution in [0.25, 0.3) is 0 Å². The van der Waals surface area contributed by atoms with Crippen LogP contribution in [0.4, 0.5) is 0 Å². The Bertz CT molecular complexity index is 427. The smallest absolute Gasteiger partial charge is 0.222 e. The predicted molar refractivity (Wildman–Crippen MR) is 81.1 cm³/mol. The first-order valence-electron chi connectivity index (χ1n) is 7.66. The first-order valence-corrected chi connectivity index (χ1v) is 7.66. The Balaban J connectivity index is 2.07. The maximum absolute atomic E-state index is 12.1. The van der Waals surface area contributed by atoms with Crippen LogP contribution in [0.1, 0.15) is 50.5 Å². The summed E-state index contributed by atoms with van der Waals surface area (Å²) in [6.45, 7) is 3.85. The zero-order chi connectivity index (χ0) is 14.4. The van der Waals surface area contributed by atoms with E-state index in [1.54, 1.807) is 7.11 Å². The fourth-order valence-electron chi connectivity index (χ4n) is 2.89. The number of hydrogen-bond donors (Lipinski definition) is 0. The molecule has 3 heteroatoms. The number of methoxy groups -OCH3 is 1. The van der Waals surface area contributed by atoms with Crippen molar-refractivity contribution in [3.8, 4) is 5.75 Å². The van der Waals surface area contributed by atoms with E-state index < -0.39 is 0 Å². The van der Waals surface area contributed by atoms with Crippen LogP contribution in [0.2, 0.25) is 0 Å². The molecule has 2 rings (SSSR count). The minimum atomic E-state index is 0.313. The van der Waals surface area contributed by atoms with E-state index in [-0.39, 0.29) is 0 Å². The summed E-state index contributed by atoms with van der Waals surface area (Å²) in [5.74, 6) is 1.67. The molecule has 1 aromatic carbocycles. The maximum atomic E-state index is 12.1. The number of benzene rings is 1. The summed E-state index contributed by atoms with van der Waals surface area (Å²) in [7, 11) is 1.69. The van der Waals surface area contributed by atoms with Gasteiger partial charge in [-0.1, -0.05) is 25.5 Å². The van der Waals surface area contributed by atoms with Crippen molar-refractivity contribution in [3.63, 3.8) is 0 Å². The van der Waals surface area contributed by atoms with Crippen LogP contribution in [0, 0.1) is 0 Å². The van der Waals surface area contributed by atoms with Gasteiger partial charge in [0, 0.05) is 25.4 Å². The predicted octanol–water partition coefficient (Wildman–Crippen LogP) is 3.59. The number of carbonyl (C=O) groups excluding carboxylic acids is 1. The number of likely N-dealkylation sites (tertiary alicyclic amines) is 1. The van der Waals surface area contributed by atoms with E-state index in [9.17, 15) is 4.79 Å². The summed E-state index contributed by atoms with van der Waals surface area (Å²) < 4.78 is 5.21. The summed E-state index contributed by atoms with van der Waals surface area (Å²) in [4.78, 5) is 14.2. The van der Waals surface area contributed by atoms with Gasteiger partial charge in [-0.25, -0.2) is 0 Å². The number of amides is 1. The molecule has 1 saturated heterocycles. The van der Waals surface area contributed by atoms with Gasteiger partial charge in [0.2, 0.25) is 5.91 Å². The van der Waals surface area contributed by atoms with Gasteiger partial charge in [0.1, 0.15) is 5.75 Å². The average Bonchev–Trinajstić information content (AvgIpc) is 2.74. The molecular formula is C17H25NO2. The molecule has 110 valence electrons. The molecule has 0 aliphatic carbocycles. The maximum Gasteiger partial charge on any atom is 0.222 e. The van der Waals surface area contributed by atoms with E-state index in [4.69, 9.17) is 4.74 Å². The molecule has 0 aromatic heterocycles. The Kier molecular flexibility index (Phi) is 5.45. The molecule has 1 aliphatic heterocycles. The van der Waals surface area contributed by atoms with Crippen molar-refractivity contribution in [2.45, 2.75) is 44.9 Å². The van der Waals surface area contributed by atoms with Crippen LogP contribution in [-0.2, 0) is 4.79 Å². The Morgan fingerprint density at radius 2 is 2.05 bits per heavy atom. The third-order valence-corrected chi connectivity index (χ3v) is 4.08. The highest BCUT2D eigenvalue weighted by Crippen LogP contribution is 2.28. The van der Waals surface area contributed by atoms with E-state index in [2.05, 4.69) is 24.0 Å². The molecule has 0 saturated carbocycles. The monoisotopic (exact) mass is 275 g/mol. The Labute approximate surface area is 121 Å². The van der Waals surface area contributed by atoms with Gasteiger partial charge >= 0.3 is 0 Å². The first-order chi connectivity index (χ1) is 9.74. The van der Waals surface area contributed by atoms with Gasteiger partial charge < -0.3 is 9.64 Å². The Morgan fingerprint density at radius 1 is 1.30 bits per heavy atom. The van der Waals surface area contributed by atoms with Crippen molar-refractivity contribution in [1.82, 2.24) is 4.90 Å². The largest absolute Gasteiger partial charge is 0.497 e.